The van der Waals surface area contributed by atoms with Gasteiger partial charge in [-0.3, -0.25) is 0 Å². The van der Waals surface area contributed by atoms with Gasteiger partial charge in [-0.25, -0.2) is 15.0 Å². The van der Waals surface area contributed by atoms with Gasteiger partial charge in [-0.2, -0.15) is 5.26 Å². The monoisotopic (exact) mass is 266 g/mol. The van der Waals surface area contributed by atoms with Crippen LogP contribution in [-0.4, -0.2) is 21.5 Å². The van der Waals surface area contributed by atoms with Crippen molar-refractivity contribution in [1.82, 2.24) is 20.3 Å². The van der Waals surface area contributed by atoms with E-state index in [9.17, 15) is 0 Å². The third-order valence-corrected chi connectivity index (χ3v) is 3.23. The van der Waals surface area contributed by atoms with E-state index in [1.807, 2.05) is 12.1 Å². The van der Waals surface area contributed by atoms with Crippen LogP contribution < -0.4 is 10.6 Å². The lowest BCUT2D eigenvalue weighted by Crippen LogP contribution is -2.15. The zero-order valence-corrected chi connectivity index (χ0v) is 10.9. The van der Waals surface area contributed by atoms with E-state index in [0.717, 1.165) is 24.3 Å². The van der Waals surface area contributed by atoms with E-state index in [1.54, 1.807) is 24.5 Å². The zero-order valence-electron chi connectivity index (χ0n) is 10.9. The van der Waals surface area contributed by atoms with Crippen molar-refractivity contribution in [3.8, 4) is 6.07 Å². The molecular weight excluding hydrogens is 252 g/mol. The molecule has 0 aromatic carbocycles. The topological polar surface area (TPSA) is 86.5 Å². The van der Waals surface area contributed by atoms with E-state index < -0.39 is 0 Å². The number of anilines is 2. The smallest absolute Gasteiger partial charge is 0.227 e. The molecule has 2 aromatic heterocycles. The number of pyridine rings is 1. The first-order valence-corrected chi connectivity index (χ1v) is 6.54. The maximum atomic E-state index is 8.71. The Morgan fingerprint density at radius 2 is 2.25 bits per heavy atom. The Kier molecular flexibility index (Phi) is 3.52. The van der Waals surface area contributed by atoms with Crippen molar-refractivity contribution in [2.24, 2.45) is 0 Å². The van der Waals surface area contributed by atoms with Crippen LogP contribution in [0.5, 0.6) is 0 Å². The molecule has 0 aliphatic carbocycles. The lowest BCUT2D eigenvalue weighted by atomic mass is 10.1. The fourth-order valence-electron chi connectivity index (χ4n) is 2.23. The van der Waals surface area contributed by atoms with Crippen LogP contribution >= 0.6 is 0 Å². The van der Waals surface area contributed by atoms with Crippen molar-refractivity contribution in [3.05, 3.63) is 42.0 Å². The zero-order chi connectivity index (χ0) is 13.8. The maximum Gasteiger partial charge on any atom is 0.227 e. The summed E-state index contributed by atoms with van der Waals surface area (Å²) in [6.45, 7) is 1.04. The quantitative estimate of drug-likeness (QED) is 0.882. The first-order chi connectivity index (χ1) is 9.85. The molecule has 1 atom stereocenters. The normalized spacial score (nSPS) is 17.6. The van der Waals surface area contributed by atoms with E-state index in [2.05, 4.69) is 25.6 Å². The van der Waals surface area contributed by atoms with Crippen molar-refractivity contribution in [3.63, 3.8) is 0 Å². The standard InChI is InChI=1S/C14H14N6/c15-8-10-3-4-11(9-18-10)19-14-17-7-5-13(20-14)12-2-1-6-16-12/h3-5,7,9,12,16H,1-2,6H2,(H,17,19,20). The Hall–Kier alpha value is -2.52. The van der Waals surface area contributed by atoms with Crippen molar-refractivity contribution in [2.45, 2.75) is 18.9 Å². The van der Waals surface area contributed by atoms with Gasteiger partial charge < -0.3 is 10.6 Å². The van der Waals surface area contributed by atoms with Gasteiger partial charge in [0, 0.05) is 12.2 Å². The predicted octanol–water partition coefficient (Wildman–Crippen LogP) is 1.91. The van der Waals surface area contributed by atoms with Crippen molar-refractivity contribution in [1.29, 1.82) is 5.26 Å². The summed E-state index contributed by atoms with van der Waals surface area (Å²) in [7, 11) is 0. The molecule has 6 heteroatoms. The highest BCUT2D eigenvalue weighted by Gasteiger charge is 2.17. The summed E-state index contributed by atoms with van der Waals surface area (Å²) in [5, 5.41) is 15.2. The Bertz CT molecular complexity index is 625. The van der Waals surface area contributed by atoms with Crippen molar-refractivity contribution in [2.75, 3.05) is 11.9 Å². The van der Waals surface area contributed by atoms with Gasteiger partial charge in [0.15, 0.2) is 0 Å². The van der Waals surface area contributed by atoms with Crippen molar-refractivity contribution < 1.29 is 0 Å². The van der Waals surface area contributed by atoms with E-state index >= 15 is 0 Å². The second-order valence-corrected chi connectivity index (χ2v) is 4.62. The van der Waals surface area contributed by atoms with Crippen LogP contribution in [0.2, 0.25) is 0 Å². The van der Waals surface area contributed by atoms with Crippen LogP contribution in [0.4, 0.5) is 11.6 Å². The molecule has 1 aliphatic heterocycles. The summed E-state index contributed by atoms with van der Waals surface area (Å²) in [6, 6.07) is 7.68. The number of hydrogen-bond acceptors (Lipinski definition) is 6. The van der Waals surface area contributed by atoms with Crippen molar-refractivity contribution >= 4 is 11.6 Å². The first kappa shape index (κ1) is 12.5. The molecule has 0 spiro atoms. The first-order valence-electron chi connectivity index (χ1n) is 6.54. The SMILES string of the molecule is N#Cc1ccc(Nc2nccc(C3CCCN3)n2)cn1. The van der Waals surface area contributed by atoms with Gasteiger partial charge in [-0.05, 0) is 37.6 Å². The summed E-state index contributed by atoms with van der Waals surface area (Å²) in [4.78, 5) is 12.7. The second-order valence-electron chi connectivity index (χ2n) is 4.62. The largest absolute Gasteiger partial charge is 0.323 e. The van der Waals surface area contributed by atoms with Crippen LogP contribution in [0.1, 0.15) is 30.3 Å². The van der Waals surface area contributed by atoms with Gasteiger partial charge in [0.1, 0.15) is 11.8 Å². The minimum atomic E-state index is 0.317. The van der Waals surface area contributed by atoms with Gasteiger partial charge in [0.05, 0.1) is 17.6 Å². The molecule has 0 saturated carbocycles. The Balaban J connectivity index is 1.76. The van der Waals surface area contributed by atoms with Gasteiger partial charge in [-0.15, -0.1) is 0 Å². The number of nitrogens with zero attached hydrogens (tertiary/aromatic N) is 4. The van der Waals surface area contributed by atoms with Gasteiger partial charge in [-0.1, -0.05) is 0 Å². The molecule has 1 fully saturated rings. The highest BCUT2D eigenvalue weighted by atomic mass is 15.1. The second kappa shape index (κ2) is 5.63. The van der Waals surface area contributed by atoms with E-state index in [1.165, 1.54) is 6.42 Å². The molecule has 2 aromatic rings. The lowest BCUT2D eigenvalue weighted by molar-refractivity contribution is 0.627. The molecule has 2 N–H and O–H groups in total. The molecule has 6 nitrogen and oxygen atoms in total. The summed E-state index contributed by atoms with van der Waals surface area (Å²) >= 11 is 0. The van der Waals surface area contributed by atoms with Crippen LogP contribution in [0.25, 0.3) is 0 Å². The fourth-order valence-corrected chi connectivity index (χ4v) is 2.23. The summed E-state index contributed by atoms with van der Waals surface area (Å²) in [6.07, 6.45) is 5.63. The van der Waals surface area contributed by atoms with Crippen LogP contribution in [0.3, 0.4) is 0 Å². The minimum Gasteiger partial charge on any atom is -0.323 e. The number of aromatic nitrogens is 3. The van der Waals surface area contributed by atoms with Crippen LogP contribution in [-0.2, 0) is 0 Å². The Morgan fingerprint density at radius 1 is 1.30 bits per heavy atom. The van der Waals surface area contributed by atoms with Crippen LogP contribution in [0, 0.1) is 11.3 Å². The van der Waals surface area contributed by atoms with E-state index in [4.69, 9.17) is 5.26 Å². The van der Waals surface area contributed by atoms with E-state index in [0.29, 0.717) is 17.7 Å². The van der Waals surface area contributed by atoms with E-state index in [-0.39, 0.29) is 0 Å². The number of rotatable bonds is 3. The molecule has 1 aliphatic rings. The molecule has 1 saturated heterocycles. The summed E-state index contributed by atoms with van der Waals surface area (Å²) < 4.78 is 0. The van der Waals surface area contributed by atoms with Gasteiger partial charge >= 0.3 is 0 Å². The number of nitriles is 1. The molecule has 100 valence electrons. The Morgan fingerprint density at radius 3 is 2.95 bits per heavy atom. The molecule has 3 heterocycles. The lowest BCUT2D eigenvalue weighted by Gasteiger charge is -2.11. The molecular formula is C14H14N6. The predicted molar refractivity (Wildman–Crippen MR) is 74.2 cm³/mol. The third kappa shape index (κ3) is 2.73. The molecule has 20 heavy (non-hydrogen) atoms. The average molecular weight is 266 g/mol. The molecule has 0 bridgehead atoms. The Labute approximate surface area is 116 Å². The minimum absolute atomic E-state index is 0.317. The van der Waals surface area contributed by atoms with Crippen LogP contribution in [0.15, 0.2) is 30.6 Å². The third-order valence-electron chi connectivity index (χ3n) is 3.23. The summed E-state index contributed by atoms with van der Waals surface area (Å²) in [5.41, 5.74) is 2.16. The average Bonchev–Trinajstić information content (AvgIpc) is 3.03. The fraction of sp³-hybridized carbons (Fsp3) is 0.286. The number of hydrogen-bond donors (Lipinski definition) is 2. The van der Waals surface area contributed by atoms with Gasteiger partial charge in [0.25, 0.3) is 0 Å². The van der Waals surface area contributed by atoms with Gasteiger partial charge in [0.2, 0.25) is 5.95 Å². The summed E-state index contributed by atoms with van der Waals surface area (Å²) in [5.74, 6) is 0.544. The molecule has 0 radical (unpaired) electrons. The highest BCUT2D eigenvalue weighted by Crippen LogP contribution is 2.22. The maximum absolute atomic E-state index is 8.71. The molecule has 0 amide bonds. The highest BCUT2D eigenvalue weighted by molar-refractivity contribution is 5.52. The molecule has 1 unspecified atom stereocenters. The molecule has 3 rings (SSSR count). The number of nitrogens with one attached hydrogen (secondary N) is 2.